The number of nitrogens with zero attached hydrogens (tertiary/aromatic N) is 3. The number of likely N-dealkylation sites (tertiary alicyclic amines) is 1. The molecule has 8 heteroatoms. The van der Waals surface area contributed by atoms with Gasteiger partial charge in [0.1, 0.15) is 22.5 Å². The smallest absolute Gasteiger partial charge is 0.410 e. The predicted octanol–water partition coefficient (Wildman–Crippen LogP) is 2.66. The molecule has 0 radical (unpaired) electrons. The van der Waals surface area contributed by atoms with Gasteiger partial charge >= 0.3 is 6.09 Å². The third kappa shape index (κ3) is 4.19. The van der Waals surface area contributed by atoms with Crippen LogP contribution in [0.3, 0.4) is 0 Å². The molecular weight excluding hydrogens is 357 g/mol. The van der Waals surface area contributed by atoms with Crippen LogP contribution in [0.4, 0.5) is 9.18 Å². The Morgan fingerprint density at radius 1 is 1.50 bits per heavy atom. The van der Waals surface area contributed by atoms with Crippen molar-refractivity contribution in [3.63, 3.8) is 0 Å². The molecule has 2 heterocycles. The van der Waals surface area contributed by atoms with Crippen molar-refractivity contribution < 1.29 is 18.7 Å². The number of aromatic nitrogens is 2. The van der Waals surface area contributed by atoms with E-state index in [0.717, 1.165) is 10.2 Å². The van der Waals surface area contributed by atoms with Gasteiger partial charge < -0.3 is 14.4 Å². The van der Waals surface area contributed by atoms with Crippen LogP contribution in [0.1, 0.15) is 26.3 Å². The van der Waals surface area contributed by atoms with Gasteiger partial charge in [-0.2, -0.15) is 5.10 Å². The highest BCUT2D eigenvalue weighted by Crippen LogP contribution is 2.22. The number of hydrogen-bond acceptors (Lipinski definition) is 4. The molecule has 1 aromatic heterocycles. The molecule has 2 rings (SSSR count). The van der Waals surface area contributed by atoms with Crippen molar-refractivity contribution in [3.05, 3.63) is 16.4 Å². The van der Waals surface area contributed by atoms with Crippen molar-refractivity contribution in [2.24, 2.45) is 7.05 Å². The molecule has 0 saturated carbocycles. The van der Waals surface area contributed by atoms with Gasteiger partial charge in [0.05, 0.1) is 25.9 Å². The first-order valence-electron chi connectivity index (χ1n) is 7.07. The lowest BCUT2D eigenvalue weighted by Crippen LogP contribution is -2.36. The Morgan fingerprint density at radius 3 is 2.73 bits per heavy atom. The summed E-state index contributed by atoms with van der Waals surface area (Å²) in [6, 6.07) is 0. The standard InChI is InChI=1S/C14H21BrFN3O3/c1-14(2,3)22-13(20)19-6-10(16)11(7-19)21-8-9-5-17-18(4)12(9)15/h5,10-11H,6-8H2,1-4H3/t10-,11-/m1/s1. The highest BCUT2D eigenvalue weighted by Gasteiger charge is 2.38. The first kappa shape index (κ1) is 17.2. The number of hydrogen-bond donors (Lipinski definition) is 0. The number of carbonyl (C=O) groups excluding carboxylic acids is 1. The van der Waals surface area contributed by atoms with Crippen molar-refractivity contribution in [2.45, 2.75) is 45.3 Å². The summed E-state index contributed by atoms with van der Waals surface area (Å²) in [5, 5.41) is 4.08. The van der Waals surface area contributed by atoms with E-state index < -0.39 is 24.0 Å². The maximum absolute atomic E-state index is 14.0. The Bertz CT molecular complexity index is 544. The summed E-state index contributed by atoms with van der Waals surface area (Å²) in [6.07, 6.45) is -0.718. The maximum atomic E-state index is 14.0. The van der Waals surface area contributed by atoms with Gasteiger partial charge in [0.15, 0.2) is 0 Å². The summed E-state index contributed by atoms with van der Waals surface area (Å²) in [5.74, 6) is 0. The SMILES string of the molecule is Cn1ncc(CO[C@@H]2CN(C(=O)OC(C)(C)C)C[C@H]2F)c1Br. The minimum Gasteiger partial charge on any atom is -0.444 e. The van der Waals surface area contributed by atoms with Gasteiger partial charge in [-0.1, -0.05) is 0 Å². The fraction of sp³-hybridized carbons (Fsp3) is 0.714. The summed E-state index contributed by atoms with van der Waals surface area (Å²) in [7, 11) is 1.80. The van der Waals surface area contributed by atoms with Crippen LogP contribution in [0.25, 0.3) is 0 Å². The number of carbonyl (C=O) groups is 1. The van der Waals surface area contributed by atoms with Crippen LogP contribution in [-0.4, -0.2) is 51.7 Å². The minimum atomic E-state index is -1.22. The van der Waals surface area contributed by atoms with E-state index in [4.69, 9.17) is 9.47 Å². The number of rotatable bonds is 3. The Kier molecular flexibility index (Phi) is 5.11. The Morgan fingerprint density at radius 2 is 2.18 bits per heavy atom. The van der Waals surface area contributed by atoms with Crippen molar-refractivity contribution in [1.82, 2.24) is 14.7 Å². The monoisotopic (exact) mass is 377 g/mol. The Balaban J connectivity index is 1.88. The van der Waals surface area contributed by atoms with Gasteiger partial charge in [-0.05, 0) is 36.7 Å². The van der Waals surface area contributed by atoms with E-state index >= 15 is 0 Å². The van der Waals surface area contributed by atoms with E-state index in [2.05, 4.69) is 21.0 Å². The van der Waals surface area contributed by atoms with E-state index in [-0.39, 0.29) is 19.7 Å². The van der Waals surface area contributed by atoms with Crippen molar-refractivity contribution >= 4 is 22.0 Å². The molecule has 0 bridgehead atoms. The zero-order valence-corrected chi connectivity index (χ0v) is 14.8. The van der Waals surface area contributed by atoms with Crippen LogP contribution < -0.4 is 0 Å². The molecule has 0 unspecified atom stereocenters. The summed E-state index contributed by atoms with van der Waals surface area (Å²) in [5.41, 5.74) is 0.244. The van der Waals surface area contributed by atoms with Crippen LogP contribution in [-0.2, 0) is 23.1 Å². The molecule has 0 N–H and O–H groups in total. The average molecular weight is 378 g/mol. The number of halogens is 2. The molecular formula is C14H21BrFN3O3. The highest BCUT2D eigenvalue weighted by molar-refractivity contribution is 9.10. The molecule has 0 aromatic carbocycles. The number of amides is 1. The van der Waals surface area contributed by atoms with Gasteiger partial charge in [-0.25, -0.2) is 9.18 Å². The fourth-order valence-electron chi connectivity index (χ4n) is 2.13. The average Bonchev–Trinajstić information content (AvgIpc) is 2.91. The normalized spacial score (nSPS) is 22.2. The van der Waals surface area contributed by atoms with Crippen LogP contribution in [0.2, 0.25) is 0 Å². The lowest BCUT2D eigenvalue weighted by Gasteiger charge is -2.24. The lowest BCUT2D eigenvalue weighted by atomic mass is 10.2. The summed E-state index contributed by atoms with van der Waals surface area (Å²) in [4.78, 5) is 13.3. The quantitative estimate of drug-likeness (QED) is 0.812. The largest absolute Gasteiger partial charge is 0.444 e. The third-order valence-electron chi connectivity index (χ3n) is 3.24. The molecule has 1 saturated heterocycles. The molecule has 1 aliphatic rings. The molecule has 1 amide bonds. The molecule has 0 aliphatic carbocycles. The Hall–Kier alpha value is -1.15. The number of ether oxygens (including phenoxy) is 2. The van der Waals surface area contributed by atoms with Crippen LogP contribution >= 0.6 is 15.9 Å². The second kappa shape index (κ2) is 6.54. The van der Waals surface area contributed by atoms with E-state index in [0.29, 0.717) is 0 Å². The zero-order chi connectivity index (χ0) is 16.5. The third-order valence-corrected chi connectivity index (χ3v) is 4.26. The van der Waals surface area contributed by atoms with Crippen LogP contribution in [0.15, 0.2) is 10.8 Å². The molecule has 2 atom stereocenters. The van der Waals surface area contributed by atoms with E-state index in [9.17, 15) is 9.18 Å². The van der Waals surface area contributed by atoms with Gasteiger partial charge in [0.2, 0.25) is 0 Å². The number of alkyl halides is 1. The summed E-state index contributed by atoms with van der Waals surface area (Å²) < 4.78 is 27.3. The second-order valence-corrected chi connectivity index (χ2v) is 7.09. The van der Waals surface area contributed by atoms with Gasteiger partial charge in [0, 0.05) is 12.6 Å². The molecule has 0 spiro atoms. The fourth-order valence-corrected chi connectivity index (χ4v) is 2.44. The first-order valence-corrected chi connectivity index (χ1v) is 7.86. The van der Waals surface area contributed by atoms with Gasteiger partial charge in [-0.15, -0.1) is 0 Å². The van der Waals surface area contributed by atoms with Crippen LogP contribution in [0, 0.1) is 0 Å². The molecule has 1 aromatic rings. The lowest BCUT2D eigenvalue weighted by molar-refractivity contribution is 0.00649. The number of aryl methyl sites for hydroxylation is 1. The van der Waals surface area contributed by atoms with Gasteiger partial charge in [-0.3, -0.25) is 4.68 Å². The van der Waals surface area contributed by atoms with E-state index in [1.165, 1.54) is 4.90 Å². The minimum absolute atomic E-state index is 0.00616. The van der Waals surface area contributed by atoms with Gasteiger partial charge in [0.25, 0.3) is 0 Å². The van der Waals surface area contributed by atoms with Crippen molar-refractivity contribution in [3.8, 4) is 0 Å². The first-order chi connectivity index (χ1) is 10.2. The molecule has 124 valence electrons. The highest BCUT2D eigenvalue weighted by atomic mass is 79.9. The van der Waals surface area contributed by atoms with Crippen molar-refractivity contribution in [2.75, 3.05) is 13.1 Å². The van der Waals surface area contributed by atoms with Crippen molar-refractivity contribution in [1.29, 1.82) is 0 Å². The summed E-state index contributed by atoms with van der Waals surface area (Å²) in [6.45, 7) is 5.76. The molecule has 6 nitrogen and oxygen atoms in total. The molecule has 22 heavy (non-hydrogen) atoms. The zero-order valence-electron chi connectivity index (χ0n) is 13.2. The molecule has 1 aliphatic heterocycles. The maximum Gasteiger partial charge on any atom is 0.410 e. The second-order valence-electron chi connectivity index (χ2n) is 6.33. The topological polar surface area (TPSA) is 56.6 Å². The van der Waals surface area contributed by atoms with E-state index in [1.807, 2.05) is 0 Å². The van der Waals surface area contributed by atoms with Crippen LogP contribution in [0.5, 0.6) is 0 Å². The van der Waals surface area contributed by atoms with E-state index in [1.54, 1.807) is 38.7 Å². The molecule has 1 fully saturated rings. The predicted molar refractivity (Wildman–Crippen MR) is 82.2 cm³/mol. The summed E-state index contributed by atoms with van der Waals surface area (Å²) >= 11 is 3.39. The Labute approximate surface area is 137 Å².